The van der Waals surface area contributed by atoms with E-state index >= 15 is 0 Å². The van der Waals surface area contributed by atoms with Gasteiger partial charge < -0.3 is 5.73 Å². The largest absolute Gasteiger partial charge is 0.369 e. The molecular weight excluding hydrogens is 198 g/mol. The summed E-state index contributed by atoms with van der Waals surface area (Å²) in [6.07, 6.45) is 0. The molecule has 0 aliphatic heterocycles. The number of hydrogen-bond acceptors (Lipinski definition) is 4. The molecule has 2 aromatic rings. The van der Waals surface area contributed by atoms with E-state index in [0.29, 0.717) is 0 Å². The fraction of sp³-hybridized carbons (Fsp3) is 0. The molecule has 72 valence electrons. The molecule has 2 rings (SSSR count). The van der Waals surface area contributed by atoms with E-state index < -0.39 is 0 Å². The lowest BCUT2D eigenvalue weighted by atomic mass is 10.3. The number of nitrogens with one attached hydrogen (secondary N) is 1. The van der Waals surface area contributed by atoms with Gasteiger partial charge in [0, 0.05) is 0 Å². The van der Waals surface area contributed by atoms with Gasteiger partial charge in [0.1, 0.15) is 0 Å². The number of hydrazine groups is 1. The van der Waals surface area contributed by atoms with Crippen LogP contribution in [0.2, 0.25) is 0 Å². The number of guanidine groups is 1. The Kier molecular flexibility index (Phi) is 2.30. The van der Waals surface area contributed by atoms with Crippen LogP contribution in [0, 0.1) is 0 Å². The van der Waals surface area contributed by atoms with Gasteiger partial charge in [-0.15, -0.1) is 11.3 Å². The maximum absolute atomic E-state index is 5.43. The van der Waals surface area contributed by atoms with Crippen molar-refractivity contribution < 1.29 is 0 Å². The summed E-state index contributed by atoms with van der Waals surface area (Å²) < 4.78 is 1.08. The van der Waals surface area contributed by atoms with Crippen LogP contribution in [-0.2, 0) is 0 Å². The fourth-order valence-electron chi connectivity index (χ4n) is 1.08. The second-order valence-corrected chi connectivity index (χ2v) is 3.53. The number of hydrogen-bond donors (Lipinski definition) is 3. The normalized spacial score (nSPS) is 11.9. The summed E-state index contributed by atoms with van der Waals surface area (Å²) in [5.41, 5.74) is 11.2. The number of nitrogens with two attached hydrogens (primary N) is 2. The van der Waals surface area contributed by atoms with Gasteiger partial charge in [0.15, 0.2) is 0 Å². The van der Waals surface area contributed by atoms with Crippen molar-refractivity contribution in [3.8, 4) is 0 Å². The Labute approximate surface area is 84.4 Å². The van der Waals surface area contributed by atoms with Gasteiger partial charge >= 0.3 is 0 Å². The molecular formula is C8H9N5S. The molecule has 0 unspecified atom stereocenters. The Hall–Kier alpha value is -1.66. The lowest BCUT2D eigenvalue weighted by molar-refractivity contribution is 1.01. The quantitative estimate of drug-likeness (QED) is 0.278. The molecule has 5 N–H and O–H groups in total. The first-order chi connectivity index (χ1) is 6.79. The van der Waals surface area contributed by atoms with Crippen LogP contribution >= 0.6 is 11.3 Å². The van der Waals surface area contributed by atoms with Crippen LogP contribution in [0.25, 0.3) is 10.2 Å². The molecule has 0 spiro atoms. The van der Waals surface area contributed by atoms with E-state index in [1.54, 1.807) is 16.8 Å². The minimum Gasteiger partial charge on any atom is -0.369 e. The second-order valence-electron chi connectivity index (χ2n) is 2.65. The van der Waals surface area contributed by atoms with Gasteiger partial charge in [-0.1, -0.05) is 0 Å². The summed E-state index contributed by atoms with van der Waals surface area (Å²) in [4.78, 5) is 8.20. The Morgan fingerprint density at radius 3 is 3.14 bits per heavy atom. The average molecular weight is 207 g/mol. The topological polar surface area (TPSA) is 89.3 Å². The Morgan fingerprint density at radius 2 is 2.36 bits per heavy atom. The summed E-state index contributed by atoms with van der Waals surface area (Å²) in [6.45, 7) is 0. The van der Waals surface area contributed by atoms with Gasteiger partial charge in [0.05, 0.1) is 21.4 Å². The highest BCUT2D eigenvalue weighted by atomic mass is 32.1. The van der Waals surface area contributed by atoms with Gasteiger partial charge in [-0.25, -0.2) is 15.8 Å². The zero-order valence-electron chi connectivity index (χ0n) is 7.27. The van der Waals surface area contributed by atoms with Crippen molar-refractivity contribution in [1.82, 2.24) is 10.4 Å². The van der Waals surface area contributed by atoms with Crippen LogP contribution in [-0.4, -0.2) is 10.9 Å². The zero-order chi connectivity index (χ0) is 9.97. The van der Waals surface area contributed by atoms with Crippen LogP contribution in [0.1, 0.15) is 0 Å². The van der Waals surface area contributed by atoms with Crippen LogP contribution in [0.15, 0.2) is 28.7 Å². The number of fused-ring (bicyclic) bond motifs is 1. The van der Waals surface area contributed by atoms with Crippen molar-refractivity contribution in [3.05, 3.63) is 23.7 Å². The third kappa shape index (κ3) is 1.66. The maximum Gasteiger partial charge on any atom is 0.208 e. The summed E-state index contributed by atoms with van der Waals surface area (Å²) in [5.74, 6) is 5.29. The molecule has 0 bridgehead atoms. The van der Waals surface area contributed by atoms with Crippen molar-refractivity contribution in [2.24, 2.45) is 16.6 Å². The van der Waals surface area contributed by atoms with E-state index in [9.17, 15) is 0 Å². The third-order valence-electron chi connectivity index (χ3n) is 1.71. The SMILES string of the molecule is NNC(N)=Nc1ccc2ncsc2c1. The Morgan fingerprint density at radius 1 is 1.50 bits per heavy atom. The minimum atomic E-state index is 0.189. The van der Waals surface area contributed by atoms with Crippen molar-refractivity contribution in [1.29, 1.82) is 0 Å². The van der Waals surface area contributed by atoms with E-state index in [-0.39, 0.29) is 5.96 Å². The van der Waals surface area contributed by atoms with Crippen LogP contribution in [0.4, 0.5) is 5.69 Å². The average Bonchev–Trinajstić information content (AvgIpc) is 2.64. The predicted molar refractivity (Wildman–Crippen MR) is 58.2 cm³/mol. The van der Waals surface area contributed by atoms with Crippen LogP contribution in [0.5, 0.6) is 0 Å². The number of rotatable bonds is 1. The van der Waals surface area contributed by atoms with E-state index in [2.05, 4.69) is 15.4 Å². The summed E-state index contributed by atoms with van der Waals surface area (Å²) in [5, 5.41) is 0. The molecule has 6 heteroatoms. The summed E-state index contributed by atoms with van der Waals surface area (Å²) >= 11 is 1.56. The predicted octanol–water partition coefficient (Wildman–Crippen LogP) is 0.706. The zero-order valence-corrected chi connectivity index (χ0v) is 8.08. The molecule has 1 heterocycles. The molecule has 0 saturated carbocycles. The molecule has 1 aromatic carbocycles. The number of aliphatic imine (C=N–C) groups is 1. The lowest BCUT2D eigenvalue weighted by Crippen LogP contribution is -2.36. The van der Waals surface area contributed by atoms with Gasteiger partial charge in [0.2, 0.25) is 5.96 Å². The van der Waals surface area contributed by atoms with Crippen molar-refractivity contribution in [2.75, 3.05) is 0 Å². The maximum atomic E-state index is 5.43. The van der Waals surface area contributed by atoms with Crippen LogP contribution in [0.3, 0.4) is 0 Å². The molecule has 0 fully saturated rings. The molecule has 1 aromatic heterocycles. The van der Waals surface area contributed by atoms with Crippen LogP contribution < -0.4 is 17.0 Å². The fourth-order valence-corrected chi connectivity index (χ4v) is 1.79. The van der Waals surface area contributed by atoms with Crippen molar-refractivity contribution in [3.63, 3.8) is 0 Å². The van der Waals surface area contributed by atoms with E-state index in [4.69, 9.17) is 11.6 Å². The smallest absolute Gasteiger partial charge is 0.208 e. The van der Waals surface area contributed by atoms with Gasteiger partial charge in [-0.2, -0.15) is 0 Å². The Bertz CT molecular complexity index is 475. The molecule has 0 saturated heterocycles. The number of thiazole rings is 1. The first-order valence-electron chi connectivity index (χ1n) is 3.93. The van der Waals surface area contributed by atoms with E-state index in [0.717, 1.165) is 15.9 Å². The Balaban J connectivity index is 2.44. The molecule has 0 atom stereocenters. The lowest BCUT2D eigenvalue weighted by Gasteiger charge is -1.97. The monoisotopic (exact) mass is 207 g/mol. The number of benzene rings is 1. The van der Waals surface area contributed by atoms with Crippen molar-refractivity contribution >= 4 is 33.2 Å². The first kappa shape index (κ1) is 8.92. The first-order valence-corrected chi connectivity index (χ1v) is 4.81. The highest BCUT2D eigenvalue weighted by Gasteiger charge is 1.97. The minimum absolute atomic E-state index is 0.189. The third-order valence-corrected chi connectivity index (χ3v) is 2.50. The second kappa shape index (κ2) is 3.60. The van der Waals surface area contributed by atoms with Gasteiger partial charge in [-0.05, 0) is 18.2 Å². The number of nitrogens with zero attached hydrogens (tertiary/aromatic N) is 2. The molecule has 0 aliphatic carbocycles. The molecule has 14 heavy (non-hydrogen) atoms. The summed E-state index contributed by atoms with van der Waals surface area (Å²) in [7, 11) is 0. The molecule has 0 aliphatic rings. The van der Waals surface area contributed by atoms with Gasteiger partial charge in [-0.3, -0.25) is 5.43 Å². The highest BCUT2D eigenvalue weighted by Crippen LogP contribution is 2.23. The van der Waals surface area contributed by atoms with Crippen molar-refractivity contribution in [2.45, 2.75) is 0 Å². The molecule has 0 amide bonds. The van der Waals surface area contributed by atoms with E-state index in [1.165, 1.54) is 0 Å². The number of aromatic nitrogens is 1. The highest BCUT2D eigenvalue weighted by molar-refractivity contribution is 7.16. The molecule has 0 radical (unpaired) electrons. The van der Waals surface area contributed by atoms with E-state index in [1.807, 2.05) is 18.2 Å². The molecule has 5 nitrogen and oxygen atoms in total. The summed E-state index contributed by atoms with van der Waals surface area (Å²) in [6, 6.07) is 5.65. The standard InChI is InChI=1S/C8H9N5S/c9-8(13-10)12-5-1-2-6-7(3-5)14-4-11-6/h1-4H,10H2,(H3,9,12,13). The van der Waals surface area contributed by atoms with Gasteiger partial charge in [0.25, 0.3) is 0 Å².